The van der Waals surface area contributed by atoms with Gasteiger partial charge in [0.1, 0.15) is 24.1 Å². The Kier molecular flexibility index (Phi) is 6.84. The first-order valence-electron chi connectivity index (χ1n) is 9.51. The Hall–Kier alpha value is -3.49. The number of fused-ring (bicyclic) bond motifs is 1. The van der Waals surface area contributed by atoms with Gasteiger partial charge in [0, 0.05) is 17.3 Å². The molecule has 1 aromatic heterocycles. The SMILES string of the molecule is COc1cccc2[nH]c(C(=O)NC(CCC(F)(F)F)C(=O)OCc3ccccc3)cc12. The summed E-state index contributed by atoms with van der Waals surface area (Å²) < 4.78 is 48.6. The Balaban J connectivity index is 1.73. The van der Waals surface area contributed by atoms with Gasteiger partial charge >= 0.3 is 12.1 Å². The number of aromatic amines is 1. The summed E-state index contributed by atoms with van der Waals surface area (Å²) in [6, 6.07) is 13.9. The standard InChI is InChI=1S/C22H21F3N2O4/c1-30-19-9-5-8-16-15(19)12-18(26-16)20(28)27-17(10-11-22(23,24)25)21(29)31-13-14-6-3-2-4-7-14/h2-9,12,17,26H,10-11,13H2,1H3,(H,27,28). The maximum absolute atomic E-state index is 12.7. The van der Waals surface area contributed by atoms with Crippen LogP contribution in [0.25, 0.3) is 10.9 Å². The van der Waals surface area contributed by atoms with E-state index in [1.165, 1.54) is 13.2 Å². The summed E-state index contributed by atoms with van der Waals surface area (Å²) in [7, 11) is 1.48. The highest BCUT2D eigenvalue weighted by Gasteiger charge is 2.32. The molecular weight excluding hydrogens is 413 g/mol. The van der Waals surface area contributed by atoms with Crippen LogP contribution in [0.5, 0.6) is 5.75 Å². The van der Waals surface area contributed by atoms with Gasteiger partial charge in [0.05, 0.1) is 7.11 Å². The summed E-state index contributed by atoms with van der Waals surface area (Å²) in [6.07, 6.45) is -6.34. The van der Waals surface area contributed by atoms with Gasteiger partial charge < -0.3 is 19.8 Å². The summed E-state index contributed by atoms with van der Waals surface area (Å²) in [4.78, 5) is 28.0. The van der Waals surface area contributed by atoms with Crippen LogP contribution in [-0.2, 0) is 16.1 Å². The molecule has 0 radical (unpaired) electrons. The minimum Gasteiger partial charge on any atom is -0.496 e. The van der Waals surface area contributed by atoms with Crippen molar-refractivity contribution in [3.63, 3.8) is 0 Å². The molecule has 2 aromatic carbocycles. The van der Waals surface area contributed by atoms with Gasteiger partial charge in [-0.15, -0.1) is 0 Å². The number of methoxy groups -OCH3 is 1. The second kappa shape index (κ2) is 9.55. The van der Waals surface area contributed by atoms with Crippen LogP contribution < -0.4 is 10.1 Å². The molecule has 0 saturated heterocycles. The van der Waals surface area contributed by atoms with Crippen LogP contribution in [0.15, 0.2) is 54.6 Å². The first-order valence-corrected chi connectivity index (χ1v) is 9.51. The molecule has 0 aliphatic heterocycles. The lowest BCUT2D eigenvalue weighted by atomic mass is 10.1. The van der Waals surface area contributed by atoms with E-state index in [-0.39, 0.29) is 12.3 Å². The third-order valence-corrected chi connectivity index (χ3v) is 4.62. The van der Waals surface area contributed by atoms with Gasteiger partial charge in [-0.25, -0.2) is 4.79 Å². The maximum Gasteiger partial charge on any atom is 0.389 e. The molecule has 9 heteroatoms. The van der Waals surface area contributed by atoms with Gasteiger partial charge in [0.15, 0.2) is 0 Å². The van der Waals surface area contributed by atoms with Crippen molar-refractivity contribution in [2.45, 2.75) is 31.7 Å². The summed E-state index contributed by atoms with van der Waals surface area (Å²) in [5.41, 5.74) is 1.38. The van der Waals surface area contributed by atoms with Gasteiger partial charge in [0.2, 0.25) is 0 Å². The maximum atomic E-state index is 12.7. The molecule has 164 valence electrons. The molecule has 0 aliphatic rings. The molecule has 0 bridgehead atoms. The third-order valence-electron chi connectivity index (χ3n) is 4.62. The van der Waals surface area contributed by atoms with Crippen molar-refractivity contribution in [3.05, 3.63) is 65.9 Å². The predicted molar refractivity (Wildman–Crippen MR) is 108 cm³/mol. The minimum absolute atomic E-state index is 0.0902. The van der Waals surface area contributed by atoms with E-state index in [4.69, 9.17) is 9.47 Å². The normalized spacial score (nSPS) is 12.4. The van der Waals surface area contributed by atoms with Crippen molar-refractivity contribution in [1.29, 1.82) is 0 Å². The number of hydrogen-bond acceptors (Lipinski definition) is 4. The van der Waals surface area contributed by atoms with E-state index in [2.05, 4.69) is 10.3 Å². The zero-order valence-electron chi connectivity index (χ0n) is 16.7. The van der Waals surface area contributed by atoms with Crippen LogP contribution in [0.4, 0.5) is 13.2 Å². The summed E-state index contributed by atoms with van der Waals surface area (Å²) in [5.74, 6) is -1.12. The number of carbonyl (C=O) groups is 2. The smallest absolute Gasteiger partial charge is 0.389 e. The molecule has 1 atom stereocenters. The highest BCUT2D eigenvalue weighted by atomic mass is 19.4. The van der Waals surface area contributed by atoms with Crippen LogP contribution in [0, 0.1) is 0 Å². The summed E-state index contributed by atoms with van der Waals surface area (Å²) in [6.45, 7) is -0.109. The molecule has 0 saturated carbocycles. The molecular formula is C22H21F3N2O4. The van der Waals surface area contributed by atoms with Crippen LogP contribution in [0.2, 0.25) is 0 Å². The molecule has 1 unspecified atom stereocenters. The van der Waals surface area contributed by atoms with Gasteiger partial charge in [-0.05, 0) is 30.2 Å². The molecule has 1 heterocycles. The summed E-state index contributed by atoms with van der Waals surface area (Å²) in [5, 5.41) is 2.99. The molecule has 3 aromatic rings. The first kappa shape index (κ1) is 22.2. The van der Waals surface area contributed by atoms with E-state index in [9.17, 15) is 22.8 Å². The van der Waals surface area contributed by atoms with Crippen LogP contribution in [-0.4, -0.2) is 36.2 Å². The summed E-state index contributed by atoms with van der Waals surface area (Å²) >= 11 is 0. The predicted octanol–water partition coefficient (Wildman–Crippen LogP) is 4.36. The zero-order chi connectivity index (χ0) is 22.4. The number of nitrogens with one attached hydrogen (secondary N) is 2. The molecule has 3 rings (SSSR count). The Bertz CT molecular complexity index is 1050. The fourth-order valence-electron chi connectivity index (χ4n) is 3.05. The minimum atomic E-state index is -4.48. The van der Waals surface area contributed by atoms with Crippen LogP contribution in [0.1, 0.15) is 28.9 Å². The monoisotopic (exact) mass is 434 g/mol. The van der Waals surface area contributed by atoms with E-state index in [0.717, 1.165) is 0 Å². The van der Waals surface area contributed by atoms with E-state index in [1.807, 2.05) is 0 Å². The van der Waals surface area contributed by atoms with E-state index >= 15 is 0 Å². The largest absolute Gasteiger partial charge is 0.496 e. The lowest BCUT2D eigenvalue weighted by Gasteiger charge is -2.18. The molecule has 0 spiro atoms. The van der Waals surface area contributed by atoms with Crippen molar-refractivity contribution < 1.29 is 32.2 Å². The first-order chi connectivity index (χ1) is 14.8. The lowest BCUT2D eigenvalue weighted by molar-refractivity contribution is -0.151. The highest BCUT2D eigenvalue weighted by molar-refractivity contribution is 6.01. The van der Waals surface area contributed by atoms with E-state index in [1.54, 1.807) is 48.5 Å². The number of halogens is 3. The van der Waals surface area contributed by atoms with Gasteiger partial charge in [-0.3, -0.25) is 4.79 Å². The Labute approximate surface area is 176 Å². The number of benzene rings is 2. The van der Waals surface area contributed by atoms with Crippen molar-refractivity contribution in [1.82, 2.24) is 10.3 Å². The number of hydrogen-bond donors (Lipinski definition) is 2. The van der Waals surface area contributed by atoms with Gasteiger partial charge in [-0.1, -0.05) is 36.4 Å². The molecule has 0 fully saturated rings. The second-order valence-electron chi connectivity index (χ2n) is 6.88. The van der Waals surface area contributed by atoms with Crippen molar-refractivity contribution in [2.24, 2.45) is 0 Å². The second-order valence-corrected chi connectivity index (χ2v) is 6.88. The Morgan fingerprint density at radius 3 is 2.52 bits per heavy atom. The molecule has 2 N–H and O–H groups in total. The number of rotatable bonds is 8. The number of alkyl halides is 3. The highest BCUT2D eigenvalue weighted by Crippen LogP contribution is 2.26. The third kappa shape index (κ3) is 6.00. The number of carbonyl (C=O) groups excluding carboxylic acids is 2. The molecule has 1 amide bonds. The average molecular weight is 434 g/mol. The zero-order valence-corrected chi connectivity index (χ0v) is 16.7. The fourth-order valence-corrected chi connectivity index (χ4v) is 3.05. The Morgan fingerprint density at radius 2 is 1.84 bits per heavy atom. The van der Waals surface area contributed by atoms with Crippen molar-refractivity contribution >= 4 is 22.8 Å². The quantitative estimate of drug-likeness (QED) is 0.517. The number of esters is 1. The number of amides is 1. The Morgan fingerprint density at radius 1 is 1.10 bits per heavy atom. The van der Waals surface area contributed by atoms with Crippen LogP contribution in [0.3, 0.4) is 0 Å². The van der Waals surface area contributed by atoms with Gasteiger partial charge in [-0.2, -0.15) is 13.2 Å². The topological polar surface area (TPSA) is 80.4 Å². The molecule has 6 nitrogen and oxygen atoms in total. The van der Waals surface area contributed by atoms with E-state index < -0.39 is 36.9 Å². The molecule has 31 heavy (non-hydrogen) atoms. The number of ether oxygens (including phenoxy) is 2. The number of H-pyrrole nitrogens is 1. The van der Waals surface area contributed by atoms with E-state index in [0.29, 0.717) is 22.2 Å². The number of aromatic nitrogens is 1. The lowest BCUT2D eigenvalue weighted by Crippen LogP contribution is -2.42. The van der Waals surface area contributed by atoms with Gasteiger partial charge in [0.25, 0.3) is 5.91 Å². The fraction of sp³-hybridized carbons (Fsp3) is 0.273. The van der Waals surface area contributed by atoms with Crippen LogP contribution >= 0.6 is 0 Å². The van der Waals surface area contributed by atoms with Crippen molar-refractivity contribution in [3.8, 4) is 5.75 Å². The average Bonchev–Trinajstić information content (AvgIpc) is 3.19. The molecule has 0 aliphatic carbocycles. The van der Waals surface area contributed by atoms with Crippen molar-refractivity contribution in [2.75, 3.05) is 7.11 Å².